The van der Waals surface area contributed by atoms with Gasteiger partial charge in [0, 0.05) is 37.2 Å². The van der Waals surface area contributed by atoms with Crippen LogP contribution in [-0.4, -0.2) is 61.7 Å². The zero-order chi connectivity index (χ0) is 31.4. The van der Waals surface area contributed by atoms with E-state index in [4.69, 9.17) is 37.4 Å². The Morgan fingerprint density at radius 1 is 1.11 bits per heavy atom. The molecule has 9 nitrogen and oxygen atoms in total. The fraction of sp³-hybridized carbons (Fsp3) is 0.379. The van der Waals surface area contributed by atoms with Crippen LogP contribution in [0, 0.1) is 5.92 Å². The second-order valence-corrected chi connectivity index (χ2v) is 14.0. The Hall–Kier alpha value is -2.84. The Labute approximate surface area is 267 Å². The molecule has 1 saturated carbocycles. The Kier molecular flexibility index (Phi) is 10.4. The van der Waals surface area contributed by atoms with Crippen LogP contribution in [0.1, 0.15) is 30.1 Å². The predicted octanol–water partition coefficient (Wildman–Crippen LogP) is 6.38. The summed E-state index contributed by atoms with van der Waals surface area (Å²) in [5.41, 5.74) is 0.800. The second-order valence-electron chi connectivity index (χ2n) is 10.1. The molecule has 0 N–H and O–H groups in total. The number of sulfonamides is 1. The van der Waals surface area contributed by atoms with Gasteiger partial charge in [-0.25, -0.2) is 13.2 Å². The molecule has 236 valence electrons. The molecule has 1 aromatic heterocycles. The summed E-state index contributed by atoms with van der Waals surface area (Å²) in [4.78, 5) is 17.6. The van der Waals surface area contributed by atoms with Crippen LogP contribution in [0.15, 0.2) is 59.8 Å². The molecule has 0 spiro atoms. The number of pyridine rings is 1. The van der Waals surface area contributed by atoms with Crippen LogP contribution in [0.25, 0.3) is 0 Å². The van der Waals surface area contributed by atoms with E-state index in [0.29, 0.717) is 35.2 Å². The summed E-state index contributed by atoms with van der Waals surface area (Å²) in [7, 11) is -2.67. The lowest BCUT2D eigenvalue weighted by molar-refractivity contribution is -0.150. The van der Waals surface area contributed by atoms with Gasteiger partial charge in [0.25, 0.3) is 0 Å². The lowest BCUT2D eigenvalue weighted by atomic mass is 10.0. The van der Waals surface area contributed by atoms with Crippen molar-refractivity contribution in [1.29, 1.82) is 0 Å². The molecule has 5 rings (SSSR count). The van der Waals surface area contributed by atoms with Crippen molar-refractivity contribution in [2.45, 2.75) is 42.2 Å². The molecule has 0 amide bonds. The molecule has 2 aromatic carbocycles. The number of aromatic nitrogens is 1. The first kappa shape index (κ1) is 32.6. The number of hydrogen-bond acceptors (Lipinski definition) is 9. The Bertz CT molecular complexity index is 1590. The lowest BCUT2D eigenvalue weighted by Gasteiger charge is -2.26. The summed E-state index contributed by atoms with van der Waals surface area (Å²) in [5, 5.41) is -0.748. The van der Waals surface area contributed by atoms with Crippen LogP contribution in [-0.2, 0) is 26.0 Å². The molecular weight excluding hydrogens is 661 g/mol. The number of hydrogen-bond donors (Lipinski definition) is 0. The molecule has 1 aliphatic heterocycles. The number of carbonyl (C=O) groups is 1. The minimum atomic E-state index is -4.10. The van der Waals surface area contributed by atoms with Crippen molar-refractivity contribution >= 4 is 51.0 Å². The maximum Gasteiger partial charge on any atom is 0.387 e. The van der Waals surface area contributed by atoms with Gasteiger partial charge in [0.15, 0.2) is 16.9 Å². The minimum absolute atomic E-state index is 0.0247. The van der Waals surface area contributed by atoms with E-state index in [0.717, 1.165) is 28.9 Å². The van der Waals surface area contributed by atoms with Gasteiger partial charge in [0.05, 0.1) is 28.7 Å². The molecule has 1 saturated heterocycles. The number of halogens is 4. The van der Waals surface area contributed by atoms with E-state index < -0.39 is 34.1 Å². The Morgan fingerprint density at radius 3 is 2.55 bits per heavy atom. The third kappa shape index (κ3) is 7.68. The molecular formula is C29H28Cl2F2N2O7S2. The fourth-order valence-electron chi connectivity index (χ4n) is 4.55. The van der Waals surface area contributed by atoms with Gasteiger partial charge in [-0.3, -0.25) is 4.98 Å². The van der Waals surface area contributed by atoms with E-state index >= 15 is 0 Å². The number of esters is 1. The van der Waals surface area contributed by atoms with Crippen LogP contribution in [0.3, 0.4) is 0 Å². The molecule has 3 aromatic rings. The van der Waals surface area contributed by atoms with Gasteiger partial charge in [-0.1, -0.05) is 35.3 Å². The van der Waals surface area contributed by atoms with Gasteiger partial charge in [0.2, 0.25) is 10.0 Å². The standard InChI is InChI=1S/C29H28Cl2F2N2O7S2/c1-39-19-3-2-4-20(12-19)44(37,38)35-9-10-43-27(35)28(36)41-25(13-21-22(30)14-34-15-23(21)31)18-7-8-24(42-29(32)33)26(11-18)40-16-17-5-6-17/h2-4,7-8,11-12,14-15,17,25,27,29H,5-6,9-10,13,16H2,1H3. The van der Waals surface area contributed by atoms with Gasteiger partial charge in [-0.2, -0.15) is 13.1 Å². The third-order valence-electron chi connectivity index (χ3n) is 7.03. The minimum Gasteiger partial charge on any atom is -0.497 e. The zero-order valence-corrected chi connectivity index (χ0v) is 26.5. The van der Waals surface area contributed by atoms with Crippen LogP contribution in [0.4, 0.5) is 8.78 Å². The van der Waals surface area contributed by atoms with Gasteiger partial charge < -0.3 is 18.9 Å². The van der Waals surface area contributed by atoms with E-state index in [1.54, 1.807) is 12.1 Å². The molecule has 1 aliphatic carbocycles. The zero-order valence-electron chi connectivity index (χ0n) is 23.3. The number of methoxy groups -OCH3 is 1. The summed E-state index contributed by atoms with van der Waals surface area (Å²) < 4.78 is 76.2. The van der Waals surface area contributed by atoms with Crippen LogP contribution >= 0.6 is 35.0 Å². The van der Waals surface area contributed by atoms with Gasteiger partial charge in [0.1, 0.15) is 11.9 Å². The molecule has 15 heteroatoms. The normalized spacial score (nSPS) is 17.8. The highest BCUT2D eigenvalue weighted by Crippen LogP contribution is 2.39. The number of ether oxygens (including phenoxy) is 4. The fourth-order valence-corrected chi connectivity index (χ4v) is 8.15. The average molecular weight is 690 g/mol. The van der Waals surface area contributed by atoms with Crippen LogP contribution < -0.4 is 14.2 Å². The number of carbonyl (C=O) groups excluding carboxylic acids is 1. The summed E-state index contributed by atoms with van der Waals surface area (Å²) in [6.45, 7) is -2.69. The smallest absolute Gasteiger partial charge is 0.387 e. The molecule has 2 unspecified atom stereocenters. The maximum absolute atomic E-state index is 13.7. The van der Waals surface area contributed by atoms with Crippen molar-refractivity contribution in [1.82, 2.24) is 9.29 Å². The van der Waals surface area contributed by atoms with Gasteiger partial charge in [-0.05, 0) is 54.2 Å². The lowest BCUT2D eigenvalue weighted by Crippen LogP contribution is -2.40. The van der Waals surface area contributed by atoms with E-state index in [1.165, 1.54) is 49.8 Å². The van der Waals surface area contributed by atoms with Crippen molar-refractivity contribution in [3.05, 3.63) is 76.0 Å². The van der Waals surface area contributed by atoms with Gasteiger partial charge in [-0.15, -0.1) is 11.8 Å². The molecule has 44 heavy (non-hydrogen) atoms. The highest BCUT2D eigenvalue weighted by atomic mass is 35.5. The second kappa shape index (κ2) is 14.1. The van der Waals surface area contributed by atoms with Crippen molar-refractivity contribution in [3.63, 3.8) is 0 Å². The largest absolute Gasteiger partial charge is 0.497 e. The first-order valence-corrected chi connectivity index (χ1v) is 16.8. The van der Waals surface area contributed by atoms with E-state index in [-0.39, 0.29) is 39.4 Å². The number of benzene rings is 2. The third-order valence-corrected chi connectivity index (χ3v) is 10.9. The number of thioether (sulfide) groups is 1. The first-order chi connectivity index (χ1) is 21.1. The molecule has 2 atom stereocenters. The van der Waals surface area contributed by atoms with Crippen LogP contribution in [0.5, 0.6) is 17.2 Å². The molecule has 0 bridgehead atoms. The van der Waals surface area contributed by atoms with Crippen molar-refractivity contribution in [3.8, 4) is 17.2 Å². The average Bonchev–Trinajstić information content (AvgIpc) is 3.69. The monoisotopic (exact) mass is 688 g/mol. The summed E-state index contributed by atoms with van der Waals surface area (Å²) in [6.07, 6.45) is 3.63. The molecule has 2 fully saturated rings. The number of alkyl halides is 2. The Morgan fingerprint density at radius 2 is 1.86 bits per heavy atom. The first-order valence-electron chi connectivity index (χ1n) is 13.5. The summed E-state index contributed by atoms with van der Waals surface area (Å²) in [6, 6.07) is 10.2. The topological polar surface area (TPSA) is 104 Å². The highest BCUT2D eigenvalue weighted by molar-refractivity contribution is 8.02. The van der Waals surface area contributed by atoms with Crippen molar-refractivity contribution < 1.29 is 40.9 Å². The van der Waals surface area contributed by atoms with E-state index in [9.17, 15) is 22.0 Å². The quantitative estimate of drug-likeness (QED) is 0.189. The van der Waals surface area contributed by atoms with Crippen molar-refractivity contribution in [2.75, 3.05) is 26.0 Å². The maximum atomic E-state index is 13.7. The Balaban J connectivity index is 1.46. The van der Waals surface area contributed by atoms with Gasteiger partial charge >= 0.3 is 12.6 Å². The van der Waals surface area contributed by atoms with E-state index in [1.807, 2.05) is 0 Å². The predicted molar refractivity (Wildman–Crippen MR) is 161 cm³/mol. The number of nitrogens with zero attached hydrogens (tertiary/aromatic N) is 2. The molecule has 2 aliphatic rings. The summed E-state index contributed by atoms with van der Waals surface area (Å²) >= 11 is 13.9. The number of rotatable bonds is 13. The van der Waals surface area contributed by atoms with Crippen LogP contribution in [0.2, 0.25) is 10.0 Å². The molecule has 2 heterocycles. The molecule has 0 radical (unpaired) electrons. The van der Waals surface area contributed by atoms with E-state index in [2.05, 4.69) is 9.72 Å². The SMILES string of the molecule is COc1cccc(S(=O)(=O)N2CCSC2C(=O)OC(Cc2c(Cl)cncc2Cl)c2ccc(OC(F)F)c(OCC3CC3)c2)c1. The summed E-state index contributed by atoms with van der Waals surface area (Å²) in [5.74, 6) is 0.0874. The van der Waals surface area contributed by atoms with Crippen molar-refractivity contribution in [2.24, 2.45) is 5.92 Å². The highest BCUT2D eigenvalue weighted by Gasteiger charge is 2.42.